The summed E-state index contributed by atoms with van der Waals surface area (Å²) >= 11 is 0. The fourth-order valence-electron chi connectivity index (χ4n) is 2.03. The van der Waals surface area contributed by atoms with Gasteiger partial charge < -0.3 is 5.11 Å². The molecular formula is C13H17N3O2. The minimum absolute atomic E-state index is 0.125. The second-order valence-electron chi connectivity index (χ2n) is 4.64. The van der Waals surface area contributed by atoms with E-state index in [0.717, 1.165) is 6.42 Å². The standard InChI is InChI=1S/C13H17N3O2/c1-4-8(2)9(3)16-12-10(13(17)18)6-5-7-11(12)14-15-16/h5-9H,4H2,1-3H3,(H,17,18). The predicted octanol–water partition coefficient (Wildman–Crippen LogP) is 2.74. The van der Waals surface area contributed by atoms with Gasteiger partial charge in [-0.2, -0.15) is 0 Å². The van der Waals surface area contributed by atoms with Gasteiger partial charge >= 0.3 is 5.97 Å². The highest BCUT2D eigenvalue weighted by molar-refractivity contribution is 6.00. The average Bonchev–Trinajstić information content (AvgIpc) is 2.80. The number of fused-ring (bicyclic) bond motifs is 1. The van der Waals surface area contributed by atoms with Gasteiger partial charge in [0.2, 0.25) is 0 Å². The zero-order chi connectivity index (χ0) is 13.3. The van der Waals surface area contributed by atoms with E-state index in [-0.39, 0.29) is 11.6 Å². The van der Waals surface area contributed by atoms with Crippen LogP contribution < -0.4 is 0 Å². The maximum absolute atomic E-state index is 11.3. The summed E-state index contributed by atoms with van der Waals surface area (Å²) in [4.78, 5) is 11.3. The third-order valence-corrected chi connectivity index (χ3v) is 3.58. The number of carbonyl (C=O) groups is 1. The van der Waals surface area contributed by atoms with Gasteiger partial charge in [-0.15, -0.1) is 5.10 Å². The van der Waals surface area contributed by atoms with Gasteiger partial charge in [-0.05, 0) is 25.0 Å². The summed E-state index contributed by atoms with van der Waals surface area (Å²) in [7, 11) is 0. The Morgan fingerprint density at radius 1 is 1.44 bits per heavy atom. The molecule has 2 unspecified atom stereocenters. The largest absolute Gasteiger partial charge is 0.478 e. The van der Waals surface area contributed by atoms with E-state index in [1.54, 1.807) is 22.9 Å². The maximum atomic E-state index is 11.3. The number of nitrogens with zero attached hydrogens (tertiary/aromatic N) is 3. The van der Waals surface area contributed by atoms with Crippen LogP contribution in [0.5, 0.6) is 0 Å². The molecule has 0 bridgehead atoms. The molecule has 0 saturated carbocycles. The molecule has 0 radical (unpaired) electrons. The Bertz CT molecular complexity index is 577. The summed E-state index contributed by atoms with van der Waals surface area (Å²) < 4.78 is 1.73. The first-order valence-electron chi connectivity index (χ1n) is 6.13. The number of hydrogen-bond donors (Lipinski definition) is 1. The van der Waals surface area contributed by atoms with Crippen LogP contribution in [0.15, 0.2) is 18.2 Å². The monoisotopic (exact) mass is 247 g/mol. The lowest BCUT2D eigenvalue weighted by Gasteiger charge is -2.19. The van der Waals surface area contributed by atoms with Crippen molar-refractivity contribution in [2.45, 2.75) is 33.2 Å². The molecule has 2 aromatic rings. The molecule has 1 N–H and O–H groups in total. The Morgan fingerprint density at radius 3 is 2.78 bits per heavy atom. The van der Waals surface area contributed by atoms with E-state index in [0.29, 0.717) is 17.0 Å². The van der Waals surface area contributed by atoms with Gasteiger partial charge in [0.25, 0.3) is 0 Å². The fourth-order valence-corrected chi connectivity index (χ4v) is 2.03. The van der Waals surface area contributed by atoms with Gasteiger partial charge in [-0.25, -0.2) is 9.48 Å². The third-order valence-electron chi connectivity index (χ3n) is 3.58. The first-order chi connectivity index (χ1) is 8.56. The molecular weight excluding hydrogens is 230 g/mol. The lowest BCUT2D eigenvalue weighted by Crippen LogP contribution is -2.16. The van der Waals surface area contributed by atoms with Crippen molar-refractivity contribution in [1.82, 2.24) is 15.0 Å². The SMILES string of the molecule is CCC(C)C(C)n1nnc2cccc(C(=O)O)c21. The van der Waals surface area contributed by atoms with Crippen molar-refractivity contribution in [3.05, 3.63) is 23.8 Å². The van der Waals surface area contributed by atoms with E-state index in [4.69, 9.17) is 0 Å². The second-order valence-corrected chi connectivity index (χ2v) is 4.64. The topological polar surface area (TPSA) is 68.0 Å². The minimum atomic E-state index is -0.944. The van der Waals surface area contributed by atoms with Gasteiger partial charge in [0, 0.05) is 0 Å². The number of para-hydroxylation sites is 1. The molecule has 1 heterocycles. The number of aromatic carboxylic acids is 1. The summed E-state index contributed by atoms with van der Waals surface area (Å²) in [6, 6.07) is 5.20. The number of hydrogen-bond acceptors (Lipinski definition) is 3. The highest BCUT2D eigenvalue weighted by atomic mass is 16.4. The molecule has 0 fully saturated rings. The molecule has 0 aliphatic heterocycles. The van der Waals surface area contributed by atoms with Crippen molar-refractivity contribution in [2.24, 2.45) is 5.92 Å². The van der Waals surface area contributed by atoms with Crippen molar-refractivity contribution >= 4 is 17.0 Å². The Kier molecular flexibility index (Phi) is 3.32. The quantitative estimate of drug-likeness (QED) is 0.902. The number of benzene rings is 1. The molecule has 5 heteroatoms. The van der Waals surface area contributed by atoms with Crippen LogP contribution in [0.3, 0.4) is 0 Å². The lowest BCUT2D eigenvalue weighted by molar-refractivity contribution is 0.0698. The first-order valence-corrected chi connectivity index (χ1v) is 6.13. The fraction of sp³-hybridized carbons (Fsp3) is 0.462. The lowest BCUT2D eigenvalue weighted by atomic mass is 10.0. The number of rotatable bonds is 4. The van der Waals surface area contributed by atoms with Crippen molar-refractivity contribution in [3.63, 3.8) is 0 Å². The van der Waals surface area contributed by atoms with Gasteiger partial charge in [0.15, 0.2) is 0 Å². The summed E-state index contributed by atoms with van der Waals surface area (Å²) in [5, 5.41) is 17.4. The predicted molar refractivity (Wildman–Crippen MR) is 68.7 cm³/mol. The van der Waals surface area contributed by atoms with Gasteiger partial charge in [-0.1, -0.05) is 31.5 Å². The first kappa shape index (κ1) is 12.5. The molecule has 0 amide bonds. The molecule has 1 aromatic heterocycles. The van der Waals surface area contributed by atoms with E-state index < -0.39 is 5.97 Å². The average molecular weight is 247 g/mol. The van der Waals surface area contributed by atoms with Crippen LogP contribution in [0.25, 0.3) is 11.0 Å². The highest BCUT2D eigenvalue weighted by Gasteiger charge is 2.20. The number of carboxylic acids is 1. The highest BCUT2D eigenvalue weighted by Crippen LogP contribution is 2.25. The molecule has 0 spiro atoms. The zero-order valence-corrected chi connectivity index (χ0v) is 10.8. The Hall–Kier alpha value is -1.91. The molecule has 5 nitrogen and oxygen atoms in total. The van der Waals surface area contributed by atoms with Crippen LogP contribution in [0.2, 0.25) is 0 Å². The summed E-state index contributed by atoms with van der Waals surface area (Å²) in [6.45, 7) is 6.28. The Morgan fingerprint density at radius 2 is 2.17 bits per heavy atom. The van der Waals surface area contributed by atoms with Crippen LogP contribution in [0, 0.1) is 5.92 Å². The molecule has 2 rings (SSSR count). The smallest absolute Gasteiger partial charge is 0.337 e. The molecule has 0 aliphatic carbocycles. The van der Waals surface area contributed by atoms with E-state index >= 15 is 0 Å². The van der Waals surface area contributed by atoms with Crippen molar-refractivity contribution < 1.29 is 9.90 Å². The van der Waals surface area contributed by atoms with Crippen LogP contribution in [0.1, 0.15) is 43.6 Å². The second kappa shape index (κ2) is 4.76. The third kappa shape index (κ3) is 1.96. The summed E-state index contributed by atoms with van der Waals surface area (Å²) in [6.07, 6.45) is 1.01. The summed E-state index contributed by atoms with van der Waals surface area (Å²) in [5.74, 6) is -0.530. The minimum Gasteiger partial charge on any atom is -0.478 e. The molecule has 0 aliphatic rings. The van der Waals surface area contributed by atoms with E-state index in [1.807, 2.05) is 6.92 Å². The molecule has 2 atom stereocenters. The zero-order valence-electron chi connectivity index (χ0n) is 10.8. The van der Waals surface area contributed by atoms with Crippen LogP contribution in [-0.4, -0.2) is 26.1 Å². The summed E-state index contributed by atoms with van der Waals surface area (Å²) in [5.41, 5.74) is 1.50. The van der Waals surface area contributed by atoms with Crippen LogP contribution >= 0.6 is 0 Å². The molecule has 96 valence electrons. The Labute approximate surface area is 105 Å². The van der Waals surface area contributed by atoms with Crippen molar-refractivity contribution in [2.75, 3.05) is 0 Å². The molecule has 1 aromatic carbocycles. The number of aromatic nitrogens is 3. The van der Waals surface area contributed by atoms with Gasteiger partial charge in [-0.3, -0.25) is 0 Å². The van der Waals surface area contributed by atoms with Crippen molar-refractivity contribution in [3.8, 4) is 0 Å². The normalized spacial score (nSPS) is 14.6. The molecule has 18 heavy (non-hydrogen) atoms. The van der Waals surface area contributed by atoms with Gasteiger partial charge in [0.1, 0.15) is 11.0 Å². The van der Waals surface area contributed by atoms with E-state index in [1.165, 1.54) is 0 Å². The Balaban J connectivity index is 2.62. The van der Waals surface area contributed by atoms with Gasteiger partial charge in [0.05, 0.1) is 11.6 Å². The van der Waals surface area contributed by atoms with Crippen molar-refractivity contribution in [1.29, 1.82) is 0 Å². The van der Waals surface area contributed by atoms with Crippen LogP contribution in [0.4, 0.5) is 0 Å². The van der Waals surface area contributed by atoms with E-state index in [2.05, 4.69) is 24.2 Å². The number of carboxylic acid groups (broad SMARTS) is 1. The molecule has 0 saturated heterocycles. The maximum Gasteiger partial charge on any atom is 0.337 e. The van der Waals surface area contributed by atoms with Crippen LogP contribution in [-0.2, 0) is 0 Å². The van der Waals surface area contributed by atoms with E-state index in [9.17, 15) is 9.90 Å².